The normalized spacial score (nSPS) is 15.6. The zero-order valence-electron chi connectivity index (χ0n) is 15.9. The van der Waals surface area contributed by atoms with E-state index in [4.69, 9.17) is 11.6 Å². The van der Waals surface area contributed by atoms with Crippen LogP contribution in [0.15, 0.2) is 48.5 Å². The van der Waals surface area contributed by atoms with Crippen LogP contribution < -0.4 is 10.6 Å². The van der Waals surface area contributed by atoms with E-state index < -0.39 is 0 Å². The number of nitrogens with one attached hydrogen (secondary N) is 2. The molecule has 1 aliphatic heterocycles. The molecular formula is C22H28ClN3O. The molecule has 0 spiro atoms. The van der Waals surface area contributed by atoms with Gasteiger partial charge in [0.05, 0.1) is 10.6 Å². The third kappa shape index (κ3) is 6.06. The number of carbonyl (C=O) groups excluding carboxylic acids is 1. The zero-order chi connectivity index (χ0) is 19.1. The Morgan fingerprint density at radius 3 is 2.70 bits per heavy atom. The molecule has 0 atom stereocenters. The van der Waals surface area contributed by atoms with E-state index in [1.165, 1.54) is 32.4 Å². The first-order valence-corrected chi connectivity index (χ1v) is 10.0. The SMILES string of the molecule is CN1CCC(CCNCc2cccc(NC(=O)c3ccccc3Cl)c2)CC1. The molecule has 1 fully saturated rings. The van der Waals surface area contributed by atoms with E-state index in [-0.39, 0.29) is 5.91 Å². The summed E-state index contributed by atoms with van der Waals surface area (Å²) in [5.41, 5.74) is 2.44. The van der Waals surface area contributed by atoms with Gasteiger partial charge in [-0.1, -0.05) is 35.9 Å². The Kier molecular flexibility index (Phi) is 7.27. The van der Waals surface area contributed by atoms with Crippen LogP contribution in [0.1, 0.15) is 35.2 Å². The van der Waals surface area contributed by atoms with Crippen LogP contribution in [0.4, 0.5) is 5.69 Å². The molecule has 0 aromatic heterocycles. The molecule has 0 saturated carbocycles. The number of carbonyl (C=O) groups is 1. The van der Waals surface area contributed by atoms with Gasteiger partial charge in [-0.05, 0) is 81.7 Å². The zero-order valence-corrected chi connectivity index (χ0v) is 16.6. The summed E-state index contributed by atoms with van der Waals surface area (Å²) >= 11 is 6.10. The molecule has 1 saturated heterocycles. The van der Waals surface area contributed by atoms with Gasteiger partial charge in [0.1, 0.15) is 0 Å². The minimum atomic E-state index is -0.187. The summed E-state index contributed by atoms with van der Waals surface area (Å²) in [5, 5.41) is 6.92. The van der Waals surface area contributed by atoms with Crippen LogP contribution in [0.3, 0.4) is 0 Å². The fourth-order valence-corrected chi connectivity index (χ4v) is 3.71. The minimum absolute atomic E-state index is 0.187. The van der Waals surface area contributed by atoms with Gasteiger partial charge in [-0.3, -0.25) is 4.79 Å². The number of hydrogen-bond acceptors (Lipinski definition) is 3. The van der Waals surface area contributed by atoms with Crippen molar-refractivity contribution < 1.29 is 4.79 Å². The average molecular weight is 386 g/mol. The van der Waals surface area contributed by atoms with Crippen LogP contribution >= 0.6 is 11.6 Å². The molecule has 2 aromatic rings. The number of anilines is 1. The Morgan fingerprint density at radius 2 is 1.93 bits per heavy atom. The third-order valence-electron chi connectivity index (χ3n) is 5.20. The highest BCUT2D eigenvalue weighted by Gasteiger charge is 2.15. The summed E-state index contributed by atoms with van der Waals surface area (Å²) in [6.45, 7) is 4.28. The van der Waals surface area contributed by atoms with Crippen molar-refractivity contribution in [2.24, 2.45) is 5.92 Å². The molecule has 5 heteroatoms. The van der Waals surface area contributed by atoms with Crippen molar-refractivity contribution in [2.45, 2.75) is 25.8 Å². The molecule has 0 radical (unpaired) electrons. The van der Waals surface area contributed by atoms with Crippen molar-refractivity contribution in [3.8, 4) is 0 Å². The molecule has 0 unspecified atom stereocenters. The van der Waals surface area contributed by atoms with Crippen LogP contribution in [0, 0.1) is 5.92 Å². The topological polar surface area (TPSA) is 44.4 Å². The summed E-state index contributed by atoms with van der Waals surface area (Å²) in [5.74, 6) is 0.655. The first kappa shape index (κ1) is 19.9. The predicted molar refractivity (Wildman–Crippen MR) is 112 cm³/mol. The third-order valence-corrected chi connectivity index (χ3v) is 5.53. The molecule has 4 nitrogen and oxygen atoms in total. The van der Waals surface area contributed by atoms with Gasteiger partial charge in [0, 0.05) is 12.2 Å². The fraction of sp³-hybridized carbons (Fsp3) is 0.409. The van der Waals surface area contributed by atoms with Gasteiger partial charge in [-0.15, -0.1) is 0 Å². The van der Waals surface area contributed by atoms with Crippen LogP contribution in [-0.2, 0) is 6.54 Å². The lowest BCUT2D eigenvalue weighted by Crippen LogP contribution is -2.31. The lowest BCUT2D eigenvalue weighted by atomic mass is 9.94. The van der Waals surface area contributed by atoms with Gasteiger partial charge in [-0.2, -0.15) is 0 Å². The van der Waals surface area contributed by atoms with Gasteiger partial charge in [0.25, 0.3) is 5.91 Å². The standard InChI is InChI=1S/C22H28ClN3O/c1-26-13-10-17(11-14-26)9-12-24-16-18-5-4-6-19(15-18)25-22(27)20-7-2-3-8-21(20)23/h2-8,15,17,24H,9-14,16H2,1H3,(H,25,27). The van der Waals surface area contributed by atoms with Crippen LogP contribution in [-0.4, -0.2) is 37.5 Å². The van der Waals surface area contributed by atoms with Gasteiger partial charge >= 0.3 is 0 Å². The Labute approximate surface area is 166 Å². The molecule has 144 valence electrons. The number of hydrogen-bond donors (Lipinski definition) is 2. The molecule has 3 rings (SSSR count). The van der Waals surface area contributed by atoms with Crippen molar-refractivity contribution in [3.05, 3.63) is 64.7 Å². The maximum absolute atomic E-state index is 12.4. The maximum atomic E-state index is 12.4. The van der Waals surface area contributed by atoms with Crippen molar-refractivity contribution in [2.75, 3.05) is 32.0 Å². The van der Waals surface area contributed by atoms with E-state index in [1.807, 2.05) is 30.3 Å². The molecule has 2 aromatic carbocycles. The lowest BCUT2D eigenvalue weighted by molar-refractivity contribution is 0.102. The van der Waals surface area contributed by atoms with Crippen LogP contribution in [0.25, 0.3) is 0 Å². The smallest absolute Gasteiger partial charge is 0.257 e. The second-order valence-electron chi connectivity index (χ2n) is 7.35. The number of rotatable bonds is 7. The summed E-state index contributed by atoms with van der Waals surface area (Å²) in [4.78, 5) is 14.8. The second-order valence-corrected chi connectivity index (χ2v) is 7.75. The summed E-state index contributed by atoms with van der Waals surface area (Å²) in [7, 11) is 2.20. The Hall–Kier alpha value is -1.88. The average Bonchev–Trinajstić information content (AvgIpc) is 2.67. The van der Waals surface area contributed by atoms with Gasteiger partial charge in [0.15, 0.2) is 0 Å². The molecule has 0 aliphatic carbocycles. The van der Waals surface area contributed by atoms with E-state index in [1.54, 1.807) is 12.1 Å². The van der Waals surface area contributed by atoms with E-state index >= 15 is 0 Å². The Balaban J connectivity index is 1.46. The summed E-state index contributed by atoms with van der Waals surface area (Å²) in [6, 6.07) is 15.0. The monoisotopic (exact) mass is 385 g/mol. The van der Waals surface area contributed by atoms with Crippen molar-refractivity contribution in [1.29, 1.82) is 0 Å². The largest absolute Gasteiger partial charge is 0.322 e. The van der Waals surface area contributed by atoms with E-state index in [2.05, 4.69) is 28.6 Å². The van der Waals surface area contributed by atoms with Gasteiger partial charge in [-0.25, -0.2) is 0 Å². The van der Waals surface area contributed by atoms with E-state index in [9.17, 15) is 4.79 Å². The highest BCUT2D eigenvalue weighted by molar-refractivity contribution is 6.34. The molecule has 1 heterocycles. The van der Waals surface area contributed by atoms with Crippen molar-refractivity contribution in [3.63, 3.8) is 0 Å². The van der Waals surface area contributed by atoms with Crippen LogP contribution in [0.2, 0.25) is 5.02 Å². The number of piperidine rings is 1. The molecule has 2 N–H and O–H groups in total. The molecular weight excluding hydrogens is 358 g/mol. The van der Waals surface area contributed by atoms with Gasteiger partial charge in [0.2, 0.25) is 0 Å². The van der Waals surface area contributed by atoms with Gasteiger partial charge < -0.3 is 15.5 Å². The summed E-state index contributed by atoms with van der Waals surface area (Å²) < 4.78 is 0. The molecule has 1 aliphatic rings. The highest BCUT2D eigenvalue weighted by Crippen LogP contribution is 2.19. The van der Waals surface area contributed by atoms with E-state index in [0.29, 0.717) is 10.6 Å². The van der Waals surface area contributed by atoms with Crippen molar-refractivity contribution in [1.82, 2.24) is 10.2 Å². The first-order chi connectivity index (χ1) is 13.1. The summed E-state index contributed by atoms with van der Waals surface area (Å²) in [6.07, 6.45) is 3.85. The van der Waals surface area contributed by atoms with Crippen molar-refractivity contribution >= 4 is 23.2 Å². The fourth-order valence-electron chi connectivity index (χ4n) is 3.49. The Bertz CT molecular complexity index is 757. The minimum Gasteiger partial charge on any atom is -0.322 e. The first-order valence-electron chi connectivity index (χ1n) is 9.66. The number of likely N-dealkylation sites (tertiary alicyclic amines) is 1. The number of amides is 1. The molecule has 0 bridgehead atoms. The molecule has 1 amide bonds. The molecule has 27 heavy (non-hydrogen) atoms. The number of benzene rings is 2. The second kappa shape index (κ2) is 9.88. The number of nitrogens with zero attached hydrogens (tertiary/aromatic N) is 1. The van der Waals surface area contributed by atoms with Crippen LogP contribution in [0.5, 0.6) is 0 Å². The van der Waals surface area contributed by atoms with E-state index in [0.717, 1.165) is 30.3 Å². The number of halogens is 1. The Morgan fingerprint density at radius 1 is 1.15 bits per heavy atom. The maximum Gasteiger partial charge on any atom is 0.257 e. The quantitative estimate of drug-likeness (QED) is 0.693. The predicted octanol–water partition coefficient (Wildman–Crippen LogP) is 4.41. The highest BCUT2D eigenvalue weighted by atomic mass is 35.5. The lowest BCUT2D eigenvalue weighted by Gasteiger charge is -2.28.